The summed E-state index contributed by atoms with van der Waals surface area (Å²) in [4.78, 5) is 17.7. The van der Waals surface area contributed by atoms with Gasteiger partial charge in [-0.2, -0.15) is 0 Å². The molecule has 1 fully saturated rings. The Hall–Kier alpha value is -1.17. The van der Waals surface area contributed by atoms with Gasteiger partial charge in [-0.15, -0.1) is 17.9 Å². The molecule has 1 aliphatic heterocycles. The van der Waals surface area contributed by atoms with E-state index < -0.39 is 0 Å². The lowest BCUT2D eigenvalue weighted by molar-refractivity contribution is -0.136. The topological polar surface area (TPSA) is 43.8 Å². The minimum absolute atomic E-state index is 0.104. The predicted octanol–water partition coefficient (Wildman–Crippen LogP) is 1.72. The second kappa shape index (κ2) is 7.02. The fraction of sp³-hybridized carbons (Fsp3) is 0.533. The zero-order valence-electron chi connectivity index (χ0n) is 11.9. The van der Waals surface area contributed by atoms with Gasteiger partial charge in [-0.05, 0) is 24.8 Å². The number of thiophene rings is 1. The van der Waals surface area contributed by atoms with Crippen molar-refractivity contribution in [1.29, 1.82) is 0 Å². The van der Waals surface area contributed by atoms with Gasteiger partial charge in [-0.25, -0.2) is 0 Å². The van der Waals surface area contributed by atoms with E-state index in [1.165, 1.54) is 4.88 Å². The van der Waals surface area contributed by atoms with Crippen molar-refractivity contribution in [2.75, 3.05) is 19.6 Å². The zero-order chi connectivity index (χ0) is 14.5. The lowest BCUT2D eigenvalue weighted by atomic mass is 10.2. The van der Waals surface area contributed by atoms with E-state index >= 15 is 0 Å². The summed E-state index contributed by atoms with van der Waals surface area (Å²) >= 11 is 1.66. The Morgan fingerprint density at radius 1 is 1.75 bits per heavy atom. The molecular weight excluding hydrogens is 272 g/mol. The number of likely N-dealkylation sites (tertiary alicyclic amines) is 1. The number of β-amino-alcohol motifs (C(OH)–C–C–N with tert-alkyl or cyclic N) is 1. The number of amides is 1. The van der Waals surface area contributed by atoms with Crippen LogP contribution in [-0.2, 0) is 11.3 Å². The molecule has 4 nitrogen and oxygen atoms in total. The summed E-state index contributed by atoms with van der Waals surface area (Å²) in [7, 11) is 0. The monoisotopic (exact) mass is 294 g/mol. The Balaban J connectivity index is 2.00. The summed E-state index contributed by atoms with van der Waals surface area (Å²) in [6.07, 6.45) is 2.22. The first kappa shape index (κ1) is 15.2. The number of aliphatic hydroxyl groups is 1. The molecule has 0 aliphatic carbocycles. The predicted molar refractivity (Wildman–Crippen MR) is 81.6 cm³/mol. The molecule has 1 aliphatic rings. The van der Waals surface area contributed by atoms with Crippen LogP contribution < -0.4 is 0 Å². The van der Waals surface area contributed by atoms with Crippen LogP contribution in [0.3, 0.4) is 0 Å². The normalized spacial score (nSPS) is 20.8. The number of carbonyl (C=O) groups excluding carboxylic acids is 1. The standard InChI is InChI=1S/C15H22N2O2S/c1-3-7-17(11-14-5-4-9-20-14)15(19)12(2)16-8-6-13(18)10-16/h3-5,9,12-13,18H,1,6-8,10-11H2,2H3/t12?,13-/m0/s1. The van der Waals surface area contributed by atoms with Crippen molar-refractivity contribution in [3.8, 4) is 0 Å². The van der Waals surface area contributed by atoms with E-state index in [0.29, 0.717) is 19.6 Å². The lowest BCUT2D eigenvalue weighted by Crippen LogP contribution is -2.46. The van der Waals surface area contributed by atoms with Crippen LogP contribution in [0, 0.1) is 0 Å². The fourth-order valence-corrected chi connectivity index (χ4v) is 3.24. The van der Waals surface area contributed by atoms with E-state index in [1.807, 2.05) is 29.3 Å². The van der Waals surface area contributed by atoms with Crippen LogP contribution >= 0.6 is 11.3 Å². The first-order chi connectivity index (χ1) is 9.61. The van der Waals surface area contributed by atoms with E-state index in [-0.39, 0.29) is 18.1 Å². The van der Waals surface area contributed by atoms with Crippen molar-refractivity contribution in [3.05, 3.63) is 35.0 Å². The summed E-state index contributed by atoms with van der Waals surface area (Å²) in [5.74, 6) is 0.104. The van der Waals surface area contributed by atoms with Crippen LogP contribution in [0.1, 0.15) is 18.2 Å². The SMILES string of the molecule is C=CCN(Cc1cccs1)C(=O)C(C)N1CC[C@H](O)C1. The number of carbonyl (C=O) groups is 1. The number of hydrogen-bond acceptors (Lipinski definition) is 4. The summed E-state index contributed by atoms with van der Waals surface area (Å²) < 4.78 is 0. The van der Waals surface area contributed by atoms with Gasteiger partial charge in [0, 0.05) is 24.5 Å². The number of rotatable bonds is 6. The molecule has 1 aromatic heterocycles. The molecule has 0 spiro atoms. The Morgan fingerprint density at radius 3 is 3.10 bits per heavy atom. The van der Waals surface area contributed by atoms with Crippen molar-refractivity contribution in [3.63, 3.8) is 0 Å². The maximum absolute atomic E-state index is 12.6. The Bertz CT molecular complexity index is 447. The second-order valence-corrected chi connectivity index (χ2v) is 6.23. The number of aliphatic hydroxyl groups excluding tert-OH is 1. The molecule has 20 heavy (non-hydrogen) atoms. The maximum Gasteiger partial charge on any atom is 0.240 e. The first-order valence-corrected chi connectivity index (χ1v) is 7.84. The van der Waals surface area contributed by atoms with Crippen molar-refractivity contribution in [2.45, 2.75) is 32.0 Å². The highest BCUT2D eigenvalue weighted by molar-refractivity contribution is 7.09. The minimum Gasteiger partial charge on any atom is -0.392 e. The van der Waals surface area contributed by atoms with Crippen LogP contribution in [-0.4, -0.2) is 52.6 Å². The van der Waals surface area contributed by atoms with Crippen LogP contribution in [0.15, 0.2) is 30.2 Å². The largest absolute Gasteiger partial charge is 0.392 e. The van der Waals surface area contributed by atoms with Gasteiger partial charge >= 0.3 is 0 Å². The van der Waals surface area contributed by atoms with Gasteiger partial charge in [0.25, 0.3) is 0 Å². The molecule has 2 heterocycles. The lowest BCUT2D eigenvalue weighted by Gasteiger charge is -2.29. The van der Waals surface area contributed by atoms with E-state index in [1.54, 1.807) is 17.4 Å². The zero-order valence-corrected chi connectivity index (χ0v) is 12.7. The van der Waals surface area contributed by atoms with Gasteiger partial charge in [-0.3, -0.25) is 9.69 Å². The molecule has 0 saturated carbocycles. The van der Waals surface area contributed by atoms with Crippen molar-refractivity contribution < 1.29 is 9.90 Å². The van der Waals surface area contributed by atoms with E-state index in [4.69, 9.17) is 0 Å². The van der Waals surface area contributed by atoms with Gasteiger partial charge in [0.05, 0.1) is 18.7 Å². The minimum atomic E-state index is -0.296. The number of nitrogens with zero attached hydrogens (tertiary/aromatic N) is 2. The van der Waals surface area contributed by atoms with Gasteiger partial charge in [-0.1, -0.05) is 12.1 Å². The molecule has 1 N–H and O–H groups in total. The highest BCUT2D eigenvalue weighted by atomic mass is 32.1. The molecular formula is C15H22N2O2S. The quantitative estimate of drug-likeness (QED) is 0.813. The van der Waals surface area contributed by atoms with Crippen LogP contribution in [0.25, 0.3) is 0 Å². The van der Waals surface area contributed by atoms with Gasteiger partial charge in [0.2, 0.25) is 5.91 Å². The van der Waals surface area contributed by atoms with Crippen LogP contribution in [0.4, 0.5) is 0 Å². The molecule has 2 atom stereocenters. The molecule has 2 rings (SSSR count). The fourth-order valence-electron chi connectivity index (χ4n) is 2.52. The van der Waals surface area contributed by atoms with Gasteiger partial charge in [0.15, 0.2) is 0 Å². The average molecular weight is 294 g/mol. The summed E-state index contributed by atoms with van der Waals surface area (Å²) in [6, 6.07) is 3.85. The summed E-state index contributed by atoms with van der Waals surface area (Å²) in [5.41, 5.74) is 0. The summed E-state index contributed by atoms with van der Waals surface area (Å²) in [6.45, 7) is 8.22. The van der Waals surface area contributed by atoms with E-state index in [0.717, 1.165) is 13.0 Å². The molecule has 1 amide bonds. The average Bonchev–Trinajstić information content (AvgIpc) is 3.08. The maximum atomic E-state index is 12.6. The summed E-state index contributed by atoms with van der Waals surface area (Å²) in [5, 5.41) is 11.6. The third-order valence-electron chi connectivity index (χ3n) is 3.69. The number of hydrogen-bond donors (Lipinski definition) is 1. The van der Waals surface area contributed by atoms with Crippen molar-refractivity contribution in [2.24, 2.45) is 0 Å². The molecule has 1 unspecified atom stereocenters. The molecule has 1 aromatic rings. The van der Waals surface area contributed by atoms with Gasteiger partial charge < -0.3 is 10.0 Å². The third kappa shape index (κ3) is 3.69. The Labute approximate surface area is 124 Å². The molecule has 1 saturated heterocycles. The smallest absolute Gasteiger partial charge is 0.240 e. The van der Waals surface area contributed by atoms with Gasteiger partial charge in [0.1, 0.15) is 0 Å². The highest BCUT2D eigenvalue weighted by Crippen LogP contribution is 2.17. The Kier molecular flexibility index (Phi) is 5.34. The molecule has 0 radical (unpaired) electrons. The second-order valence-electron chi connectivity index (χ2n) is 5.20. The molecule has 0 aromatic carbocycles. The molecule has 110 valence electrons. The highest BCUT2D eigenvalue weighted by Gasteiger charge is 2.30. The van der Waals surface area contributed by atoms with Crippen molar-refractivity contribution >= 4 is 17.2 Å². The Morgan fingerprint density at radius 2 is 2.55 bits per heavy atom. The van der Waals surface area contributed by atoms with E-state index in [9.17, 15) is 9.90 Å². The third-order valence-corrected chi connectivity index (χ3v) is 4.55. The van der Waals surface area contributed by atoms with Crippen LogP contribution in [0.5, 0.6) is 0 Å². The molecule has 0 bridgehead atoms. The van der Waals surface area contributed by atoms with Crippen LogP contribution in [0.2, 0.25) is 0 Å². The molecule has 5 heteroatoms. The van der Waals surface area contributed by atoms with Crippen molar-refractivity contribution in [1.82, 2.24) is 9.80 Å². The first-order valence-electron chi connectivity index (χ1n) is 6.96. The van der Waals surface area contributed by atoms with E-state index in [2.05, 4.69) is 11.5 Å².